The predicted molar refractivity (Wildman–Crippen MR) is 61.0 cm³/mol. The number of rotatable bonds is 1. The molecule has 0 spiro atoms. The van der Waals surface area contributed by atoms with E-state index in [0.717, 1.165) is 0 Å². The van der Waals surface area contributed by atoms with Gasteiger partial charge in [-0.25, -0.2) is 0 Å². The van der Waals surface area contributed by atoms with Gasteiger partial charge in [0.1, 0.15) is 0 Å². The first-order chi connectivity index (χ1) is 5.90. The Morgan fingerprint density at radius 1 is 1.38 bits per heavy atom. The van der Waals surface area contributed by atoms with Crippen molar-refractivity contribution in [1.29, 1.82) is 0 Å². The molecule has 1 heterocycles. The van der Waals surface area contributed by atoms with E-state index in [2.05, 4.69) is 29.6 Å². The summed E-state index contributed by atoms with van der Waals surface area (Å²) in [7, 11) is 2.04. The average molecular weight is 216 g/mol. The SMILES string of the molecule is CN[C@@H]1CSc2ccccc2C1.Cl. The van der Waals surface area contributed by atoms with Crippen molar-refractivity contribution in [2.24, 2.45) is 0 Å². The van der Waals surface area contributed by atoms with Crippen LogP contribution in [-0.2, 0) is 6.42 Å². The minimum absolute atomic E-state index is 0. The summed E-state index contributed by atoms with van der Waals surface area (Å²) in [6.07, 6.45) is 1.18. The first kappa shape index (κ1) is 10.9. The summed E-state index contributed by atoms with van der Waals surface area (Å²) in [5.41, 5.74) is 1.49. The maximum atomic E-state index is 3.32. The van der Waals surface area contributed by atoms with Gasteiger partial charge in [0.2, 0.25) is 0 Å². The minimum atomic E-state index is 0. The lowest BCUT2D eigenvalue weighted by molar-refractivity contribution is 0.605. The summed E-state index contributed by atoms with van der Waals surface area (Å²) in [5, 5.41) is 3.32. The second-order valence-corrected chi connectivity index (χ2v) is 4.17. The summed E-state index contributed by atoms with van der Waals surface area (Å²) in [5.74, 6) is 1.20. The topological polar surface area (TPSA) is 12.0 Å². The maximum absolute atomic E-state index is 3.32. The molecule has 1 N–H and O–H groups in total. The zero-order valence-electron chi connectivity index (χ0n) is 7.62. The lowest BCUT2D eigenvalue weighted by atomic mass is 10.1. The van der Waals surface area contributed by atoms with E-state index in [1.54, 1.807) is 0 Å². The van der Waals surface area contributed by atoms with Crippen LogP contribution in [0.4, 0.5) is 0 Å². The molecule has 13 heavy (non-hydrogen) atoms. The van der Waals surface area contributed by atoms with Crippen molar-refractivity contribution in [2.75, 3.05) is 12.8 Å². The highest BCUT2D eigenvalue weighted by atomic mass is 35.5. The Morgan fingerprint density at radius 2 is 2.15 bits per heavy atom. The highest BCUT2D eigenvalue weighted by molar-refractivity contribution is 7.99. The standard InChI is InChI=1S/C10H13NS.ClH/c1-11-9-6-8-4-2-3-5-10(8)12-7-9;/h2-5,9,11H,6-7H2,1H3;1H/t9-;/m0./s1. The Bertz CT molecular complexity index is 277. The van der Waals surface area contributed by atoms with Gasteiger partial charge in [-0.3, -0.25) is 0 Å². The van der Waals surface area contributed by atoms with E-state index in [1.165, 1.54) is 22.6 Å². The third-order valence-corrected chi connectivity index (χ3v) is 3.57. The van der Waals surface area contributed by atoms with Gasteiger partial charge in [0.25, 0.3) is 0 Å². The number of hydrogen-bond donors (Lipinski definition) is 1. The third kappa shape index (κ3) is 2.39. The van der Waals surface area contributed by atoms with Crippen LogP contribution in [0.1, 0.15) is 5.56 Å². The maximum Gasteiger partial charge on any atom is 0.0199 e. The minimum Gasteiger partial charge on any atom is -0.316 e. The van der Waals surface area contributed by atoms with Gasteiger partial charge in [-0.1, -0.05) is 18.2 Å². The second kappa shape index (κ2) is 4.89. The molecular formula is C10H14ClNS. The van der Waals surface area contributed by atoms with Crippen LogP contribution in [-0.4, -0.2) is 18.8 Å². The third-order valence-electron chi connectivity index (χ3n) is 2.29. The fraction of sp³-hybridized carbons (Fsp3) is 0.400. The molecule has 0 saturated carbocycles. The molecule has 1 nitrogen and oxygen atoms in total. The van der Waals surface area contributed by atoms with Gasteiger partial charge in [-0.15, -0.1) is 24.2 Å². The van der Waals surface area contributed by atoms with Crippen LogP contribution in [0.5, 0.6) is 0 Å². The van der Waals surface area contributed by atoms with Gasteiger partial charge in [-0.2, -0.15) is 0 Å². The highest BCUT2D eigenvalue weighted by Crippen LogP contribution is 2.29. The predicted octanol–water partition coefficient (Wildman–Crippen LogP) is 2.34. The molecule has 1 atom stereocenters. The second-order valence-electron chi connectivity index (χ2n) is 3.11. The summed E-state index contributed by atoms with van der Waals surface area (Å²) in [6, 6.07) is 9.34. The van der Waals surface area contributed by atoms with Gasteiger partial charge < -0.3 is 5.32 Å². The van der Waals surface area contributed by atoms with Crippen LogP contribution >= 0.6 is 24.2 Å². The Morgan fingerprint density at radius 3 is 2.92 bits per heavy atom. The van der Waals surface area contributed by atoms with E-state index in [4.69, 9.17) is 0 Å². The van der Waals surface area contributed by atoms with Gasteiger partial charge in [-0.05, 0) is 25.1 Å². The molecule has 72 valence electrons. The average Bonchev–Trinajstić information content (AvgIpc) is 2.17. The number of hydrogen-bond acceptors (Lipinski definition) is 2. The molecule has 1 aromatic rings. The van der Waals surface area contributed by atoms with E-state index in [-0.39, 0.29) is 12.4 Å². The molecule has 2 rings (SSSR count). The lowest BCUT2D eigenvalue weighted by Crippen LogP contribution is -2.32. The molecule has 0 aliphatic carbocycles. The Labute approximate surface area is 89.7 Å². The first-order valence-corrected chi connectivity index (χ1v) is 5.26. The quantitative estimate of drug-likeness (QED) is 0.772. The fourth-order valence-electron chi connectivity index (χ4n) is 1.51. The van der Waals surface area contributed by atoms with E-state index in [1.807, 2.05) is 18.8 Å². The summed E-state index contributed by atoms with van der Waals surface area (Å²) >= 11 is 1.96. The van der Waals surface area contributed by atoms with E-state index < -0.39 is 0 Å². The van der Waals surface area contributed by atoms with Crippen molar-refractivity contribution in [2.45, 2.75) is 17.4 Å². The summed E-state index contributed by atoms with van der Waals surface area (Å²) in [6.45, 7) is 0. The smallest absolute Gasteiger partial charge is 0.0199 e. The van der Waals surface area contributed by atoms with E-state index in [0.29, 0.717) is 6.04 Å². The molecule has 1 aromatic carbocycles. The number of benzene rings is 1. The van der Waals surface area contributed by atoms with Crippen LogP contribution in [0.3, 0.4) is 0 Å². The zero-order chi connectivity index (χ0) is 8.39. The largest absolute Gasteiger partial charge is 0.316 e. The normalized spacial score (nSPS) is 20.2. The van der Waals surface area contributed by atoms with Crippen LogP contribution in [0.2, 0.25) is 0 Å². The molecular weight excluding hydrogens is 202 g/mol. The molecule has 0 aromatic heterocycles. The number of halogens is 1. The van der Waals surface area contributed by atoms with Crippen LogP contribution < -0.4 is 5.32 Å². The lowest BCUT2D eigenvalue weighted by Gasteiger charge is -2.23. The zero-order valence-corrected chi connectivity index (χ0v) is 9.25. The molecule has 0 saturated heterocycles. The molecule has 0 amide bonds. The summed E-state index contributed by atoms with van der Waals surface area (Å²) in [4.78, 5) is 1.46. The molecule has 0 fully saturated rings. The van der Waals surface area contributed by atoms with Crippen molar-refractivity contribution in [1.82, 2.24) is 5.32 Å². The number of likely N-dealkylation sites (N-methyl/N-ethyl adjacent to an activating group) is 1. The molecule has 0 bridgehead atoms. The Kier molecular flexibility index (Phi) is 4.10. The van der Waals surface area contributed by atoms with Gasteiger partial charge in [0, 0.05) is 16.7 Å². The number of thioether (sulfide) groups is 1. The van der Waals surface area contributed by atoms with Crippen LogP contribution in [0.15, 0.2) is 29.2 Å². The van der Waals surface area contributed by atoms with Gasteiger partial charge in [0.05, 0.1) is 0 Å². The monoisotopic (exact) mass is 215 g/mol. The summed E-state index contributed by atoms with van der Waals surface area (Å²) < 4.78 is 0. The molecule has 1 aliphatic rings. The Balaban J connectivity index is 0.000000845. The van der Waals surface area contributed by atoms with E-state index in [9.17, 15) is 0 Å². The van der Waals surface area contributed by atoms with Crippen LogP contribution in [0.25, 0.3) is 0 Å². The number of nitrogens with one attached hydrogen (secondary N) is 1. The highest BCUT2D eigenvalue weighted by Gasteiger charge is 2.16. The first-order valence-electron chi connectivity index (χ1n) is 4.28. The molecule has 0 radical (unpaired) electrons. The Hall–Kier alpha value is -0.180. The van der Waals surface area contributed by atoms with Crippen molar-refractivity contribution in [3.05, 3.63) is 29.8 Å². The number of fused-ring (bicyclic) bond motifs is 1. The van der Waals surface area contributed by atoms with Crippen molar-refractivity contribution < 1.29 is 0 Å². The molecule has 3 heteroatoms. The van der Waals surface area contributed by atoms with E-state index >= 15 is 0 Å². The van der Waals surface area contributed by atoms with Crippen LogP contribution in [0, 0.1) is 0 Å². The van der Waals surface area contributed by atoms with Crippen molar-refractivity contribution >= 4 is 24.2 Å². The van der Waals surface area contributed by atoms with Gasteiger partial charge in [0.15, 0.2) is 0 Å². The molecule has 0 unspecified atom stereocenters. The fourth-order valence-corrected chi connectivity index (χ4v) is 2.69. The molecule has 1 aliphatic heterocycles. The van der Waals surface area contributed by atoms with Crippen molar-refractivity contribution in [3.8, 4) is 0 Å². The van der Waals surface area contributed by atoms with Crippen molar-refractivity contribution in [3.63, 3.8) is 0 Å². The van der Waals surface area contributed by atoms with Gasteiger partial charge >= 0.3 is 0 Å².